The summed E-state index contributed by atoms with van der Waals surface area (Å²) in [4.78, 5) is 16.9. The number of phenolic OH excluding ortho intramolecular Hbond substituents is 1. The molecule has 4 nitrogen and oxygen atoms in total. The average molecular weight is 358 g/mol. The van der Waals surface area contributed by atoms with E-state index in [1.54, 1.807) is 24.4 Å². The number of nitrogens with one attached hydrogen (secondary N) is 1. The number of phenols is 1. The summed E-state index contributed by atoms with van der Waals surface area (Å²) in [6.45, 7) is 1.94. The van der Waals surface area contributed by atoms with Gasteiger partial charge in [0.1, 0.15) is 5.52 Å². The Labute approximate surface area is 158 Å². The molecule has 0 aliphatic carbocycles. The lowest BCUT2D eigenvalue weighted by atomic mass is 9.99. The maximum Gasteiger partial charge on any atom is 0.255 e. The second kappa shape index (κ2) is 7.46. The Morgan fingerprint density at radius 2 is 1.70 bits per heavy atom. The van der Waals surface area contributed by atoms with Gasteiger partial charge in [0.2, 0.25) is 0 Å². The van der Waals surface area contributed by atoms with Crippen molar-refractivity contribution in [3.8, 4) is 5.75 Å². The lowest BCUT2D eigenvalue weighted by molar-refractivity contribution is 0.0937. The van der Waals surface area contributed by atoms with Crippen LogP contribution in [0.25, 0.3) is 21.7 Å². The third-order valence-corrected chi connectivity index (χ3v) is 4.63. The van der Waals surface area contributed by atoms with Gasteiger partial charge in [0.05, 0.1) is 11.6 Å². The number of carbonyl (C=O) groups excluding carboxylic acids is 1. The van der Waals surface area contributed by atoms with Gasteiger partial charge in [-0.15, -0.1) is 0 Å². The summed E-state index contributed by atoms with van der Waals surface area (Å²) < 4.78 is 0. The predicted molar refractivity (Wildman–Crippen MR) is 110 cm³/mol. The molecule has 3 aromatic carbocycles. The molecule has 4 rings (SSSR count). The van der Waals surface area contributed by atoms with E-state index in [-0.39, 0.29) is 30.7 Å². The molecule has 136 valence electrons. The zero-order chi connectivity index (χ0) is 18.1. The molecular weight excluding hydrogens is 336 g/mol. The van der Waals surface area contributed by atoms with Crippen LogP contribution in [-0.4, -0.2) is 16.0 Å². The van der Waals surface area contributed by atoms with Gasteiger partial charge in [0, 0.05) is 11.6 Å². The number of aromatic hydroxyl groups is 1. The Bertz CT molecular complexity index is 1120. The van der Waals surface area contributed by atoms with Crippen molar-refractivity contribution in [3.63, 3.8) is 0 Å². The standard InChI is InChI=1S/C22H18N2O2.CH4/c1-14(17-10-4-7-15-6-2-3-9-18(15)17)24-22(26)19-12-11-16-8-5-13-23-20(16)21(19)25;/h2-14,25H,1H3,(H,24,26);1H4/t14-;/m0./s1. The van der Waals surface area contributed by atoms with Crippen LogP contribution in [0.3, 0.4) is 0 Å². The summed E-state index contributed by atoms with van der Waals surface area (Å²) in [5.74, 6) is -0.416. The van der Waals surface area contributed by atoms with Crippen molar-refractivity contribution in [1.29, 1.82) is 0 Å². The van der Waals surface area contributed by atoms with Crippen molar-refractivity contribution in [3.05, 3.63) is 84.1 Å². The number of nitrogens with zero attached hydrogens (tertiary/aromatic N) is 1. The molecule has 27 heavy (non-hydrogen) atoms. The number of rotatable bonds is 3. The first-order valence-corrected chi connectivity index (χ1v) is 8.50. The molecule has 0 aliphatic rings. The van der Waals surface area contributed by atoms with Crippen molar-refractivity contribution in [2.24, 2.45) is 0 Å². The first-order chi connectivity index (χ1) is 12.6. The van der Waals surface area contributed by atoms with Crippen molar-refractivity contribution in [2.75, 3.05) is 0 Å². The average Bonchev–Trinajstić information content (AvgIpc) is 2.68. The molecule has 0 saturated carbocycles. The van der Waals surface area contributed by atoms with Gasteiger partial charge >= 0.3 is 0 Å². The van der Waals surface area contributed by atoms with E-state index in [0.717, 1.165) is 21.7 Å². The fourth-order valence-corrected chi connectivity index (χ4v) is 3.29. The molecule has 0 unspecified atom stereocenters. The van der Waals surface area contributed by atoms with Crippen LogP contribution in [0, 0.1) is 0 Å². The number of amides is 1. The minimum Gasteiger partial charge on any atom is -0.505 e. The van der Waals surface area contributed by atoms with Gasteiger partial charge in [-0.05, 0) is 35.4 Å². The van der Waals surface area contributed by atoms with E-state index >= 15 is 0 Å². The van der Waals surface area contributed by atoms with Gasteiger partial charge in [-0.2, -0.15) is 0 Å². The van der Waals surface area contributed by atoms with Crippen molar-refractivity contribution in [1.82, 2.24) is 10.3 Å². The van der Waals surface area contributed by atoms with Gasteiger partial charge in [-0.25, -0.2) is 0 Å². The molecule has 1 amide bonds. The Hall–Kier alpha value is -3.40. The smallest absolute Gasteiger partial charge is 0.255 e. The second-order valence-corrected chi connectivity index (χ2v) is 6.30. The quantitative estimate of drug-likeness (QED) is 0.528. The molecule has 1 aromatic heterocycles. The fourth-order valence-electron chi connectivity index (χ4n) is 3.29. The van der Waals surface area contributed by atoms with Gasteiger partial charge in [0.15, 0.2) is 5.75 Å². The first kappa shape index (κ1) is 18.4. The third-order valence-electron chi connectivity index (χ3n) is 4.63. The molecule has 4 heteroatoms. The normalized spacial score (nSPS) is 11.7. The largest absolute Gasteiger partial charge is 0.505 e. The van der Waals surface area contributed by atoms with E-state index in [2.05, 4.69) is 10.3 Å². The highest BCUT2D eigenvalue weighted by molar-refractivity contribution is 6.02. The molecule has 0 radical (unpaired) electrons. The lowest BCUT2D eigenvalue weighted by Crippen LogP contribution is -2.26. The molecule has 1 atom stereocenters. The van der Waals surface area contributed by atoms with E-state index in [1.807, 2.05) is 55.5 Å². The summed E-state index contributed by atoms with van der Waals surface area (Å²) >= 11 is 0. The number of pyridine rings is 1. The van der Waals surface area contributed by atoms with Crippen molar-refractivity contribution in [2.45, 2.75) is 20.4 Å². The summed E-state index contributed by atoms with van der Waals surface area (Å²) in [6.07, 6.45) is 1.60. The Morgan fingerprint density at radius 3 is 2.56 bits per heavy atom. The predicted octanol–water partition coefficient (Wildman–Crippen LogP) is 5.22. The van der Waals surface area contributed by atoms with Crippen LogP contribution in [0.1, 0.15) is 36.3 Å². The third kappa shape index (κ3) is 3.34. The molecule has 0 spiro atoms. The van der Waals surface area contributed by atoms with Crippen LogP contribution in [0.5, 0.6) is 5.75 Å². The van der Waals surface area contributed by atoms with Gasteiger partial charge in [-0.3, -0.25) is 9.78 Å². The summed E-state index contributed by atoms with van der Waals surface area (Å²) in [7, 11) is 0. The second-order valence-electron chi connectivity index (χ2n) is 6.30. The Balaban J connectivity index is 0.00000210. The highest BCUT2D eigenvalue weighted by atomic mass is 16.3. The number of hydrogen-bond acceptors (Lipinski definition) is 3. The minimum atomic E-state index is -0.324. The van der Waals surface area contributed by atoms with E-state index in [1.165, 1.54) is 0 Å². The van der Waals surface area contributed by atoms with Gasteiger partial charge < -0.3 is 10.4 Å². The van der Waals surface area contributed by atoms with E-state index in [9.17, 15) is 9.90 Å². The number of benzene rings is 3. The van der Waals surface area contributed by atoms with Crippen LogP contribution in [-0.2, 0) is 0 Å². The topological polar surface area (TPSA) is 62.2 Å². The molecule has 2 N–H and O–H groups in total. The SMILES string of the molecule is C.C[C@H](NC(=O)c1ccc2cccnc2c1O)c1cccc2ccccc12. The highest BCUT2D eigenvalue weighted by Gasteiger charge is 2.18. The van der Waals surface area contributed by atoms with E-state index in [4.69, 9.17) is 0 Å². The van der Waals surface area contributed by atoms with Crippen molar-refractivity contribution >= 4 is 27.6 Å². The number of hydrogen-bond donors (Lipinski definition) is 2. The van der Waals surface area contributed by atoms with Crippen LogP contribution in [0.15, 0.2) is 72.9 Å². The molecule has 1 heterocycles. The van der Waals surface area contributed by atoms with Gasteiger partial charge in [0.25, 0.3) is 5.91 Å². The highest BCUT2D eigenvalue weighted by Crippen LogP contribution is 2.28. The Kier molecular flexibility index (Phi) is 5.08. The number of fused-ring (bicyclic) bond motifs is 2. The number of carbonyl (C=O) groups is 1. The number of aromatic nitrogens is 1. The van der Waals surface area contributed by atoms with Crippen LogP contribution in [0.2, 0.25) is 0 Å². The molecule has 0 saturated heterocycles. The summed E-state index contributed by atoms with van der Waals surface area (Å²) in [6, 6.07) is 21.0. The molecule has 0 aliphatic heterocycles. The maximum absolute atomic E-state index is 12.7. The van der Waals surface area contributed by atoms with E-state index < -0.39 is 0 Å². The van der Waals surface area contributed by atoms with Gasteiger partial charge in [-0.1, -0.05) is 62.0 Å². The summed E-state index contributed by atoms with van der Waals surface area (Å²) in [5, 5.41) is 16.5. The minimum absolute atomic E-state index is 0. The first-order valence-electron chi connectivity index (χ1n) is 8.50. The molecular formula is C23H22N2O2. The summed E-state index contributed by atoms with van der Waals surface area (Å²) in [5.41, 5.74) is 1.69. The maximum atomic E-state index is 12.7. The van der Waals surface area contributed by atoms with Crippen LogP contribution >= 0.6 is 0 Å². The zero-order valence-corrected chi connectivity index (χ0v) is 14.3. The van der Waals surface area contributed by atoms with Crippen LogP contribution < -0.4 is 5.32 Å². The fraction of sp³-hybridized carbons (Fsp3) is 0.130. The van der Waals surface area contributed by atoms with Crippen LogP contribution in [0.4, 0.5) is 0 Å². The Morgan fingerprint density at radius 1 is 0.963 bits per heavy atom. The molecule has 0 fully saturated rings. The monoisotopic (exact) mass is 358 g/mol. The van der Waals surface area contributed by atoms with Crippen molar-refractivity contribution < 1.29 is 9.90 Å². The molecule has 0 bridgehead atoms. The van der Waals surface area contributed by atoms with E-state index in [0.29, 0.717) is 5.52 Å². The lowest BCUT2D eigenvalue weighted by Gasteiger charge is -2.17. The molecule has 4 aromatic rings. The zero-order valence-electron chi connectivity index (χ0n) is 14.3.